The molecule has 1 fully saturated rings. The first-order chi connectivity index (χ1) is 10.1. The second kappa shape index (κ2) is 7.28. The average molecular weight is 291 g/mol. The van der Waals surface area contributed by atoms with Crippen LogP contribution in [0.3, 0.4) is 0 Å². The fourth-order valence-corrected chi connectivity index (χ4v) is 3.27. The van der Waals surface area contributed by atoms with Crippen LogP contribution in [0.15, 0.2) is 30.3 Å². The largest absolute Gasteiger partial charge is 0.470 e. The van der Waals surface area contributed by atoms with E-state index in [9.17, 15) is 5.11 Å². The Morgan fingerprint density at radius 3 is 2.38 bits per heavy atom. The summed E-state index contributed by atoms with van der Waals surface area (Å²) in [6.07, 6.45) is 3.36. The molecule has 2 rings (SSSR count). The topological polar surface area (TPSA) is 32.7 Å². The molecule has 0 bridgehead atoms. The summed E-state index contributed by atoms with van der Waals surface area (Å²) in [5.74, 6) is 1.61. The third kappa shape index (κ3) is 3.58. The van der Waals surface area contributed by atoms with Crippen molar-refractivity contribution in [2.24, 2.45) is 5.92 Å². The molecule has 0 aliphatic carbocycles. The summed E-state index contributed by atoms with van der Waals surface area (Å²) in [5, 5.41) is 10.7. The number of hydrogen-bond acceptors (Lipinski definition) is 3. The number of rotatable bonds is 6. The SMILES string of the molecule is CCC(O)C(CC)(Oc1ccccc1)N1CCC(C)CC1. The van der Waals surface area contributed by atoms with E-state index in [0.717, 1.165) is 31.2 Å². The summed E-state index contributed by atoms with van der Waals surface area (Å²) in [5.41, 5.74) is -0.601. The van der Waals surface area contributed by atoms with Gasteiger partial charge in [-0.1, -0.05) is 39.0 Å². The summed E-state index contributed by atoms with van der Waals surface area (Å²) >= 11 is 0. The molecule has 1 N–H and O–H groups in total. The van der Waals surface area contributed by atoms with E-state index in [2.05, 4.69) is 18.7 Å². The van der Waals surface area contributed by atoms with E-state index < -0.39 is 11.8 Å². The molecule has 0 aromatic heterocycles. The maximum absolute atomic E-state index is 10.7. The number of para-hydroxylation sites is 1. The fraction of sp³-hybridized carbons (Fsp3) is 0.667. The highest BCUT2D eigenvalue weighted by Gasteiger charge is 2.44. The van der Waals surface area contributed by atoms with Crippen molar-refractivity contribution < 1.29 is 9.84 Å². The minimum atomic E-state index is -0.601. The number of likely N-dealkylation sites (tertiary alicyclic amines) is 1. The molecule has 3 heteroatoms. The summed E-state index contributed by atoms with van der Waals surface area (Å²) in [7, 11) is 0. The molecule has 2 atom stereocenters. The molecule has 1 saturated heterocycles. The van der Waals surface area contributed by atoms with E-state index in [0.29, 0.717) is 6.42 Å². The van der Waals surface area contributed by atoms with Crippen molar-refractivity contribution in [3.8, 4) is 5.75 Å². The monoisotopic (exact) mass is 291 g/mol. The fourth-order valence-electron chi connectivity index (χ4n) is 3.27. The first kappa shape index (κ1) is 16.3. The highest BCUT2D eigenvalue weighted by atomic mass is 16.5. The number of aliphatic hydroxyl groups excluding tert-OH is 1. The Hall–Kier alpha value is -1.06. The minimum absolute atomic E-state index is 0.476. The van der Waals surface area contributed by atoms with Gasteiger partial charge in [0.1, 0.15) is 11.9 Å². The lowest BCUT2D eigenvalue weighted by Crippen LogP contribution is -2.62. The van der Waals surface area contributed by atoms with Crippen molar-refractivity contribution >= 4 is 0 Å². The van der Waals surface area contributed by atoms with E-state index in [-0.39, 0.29) is 0 Å². The predicted molar refractivity (Wildman–Crippen MR) is 86.4 cm³/mol. The zero-order valence-electron chi connectivity index (χ0n) is 13.6. The Labute approximate surface area is 128 Å². The second-order valence-electron chi connectivity index (χ2n) is 6.21. The predicted octanol–water partition coefficient (Wildman–Crippen LogP) is 3.67. The van der Waals surface area contributed by atoms with Crippen molar-refractivity contribution in [2.75, 3.05) is 13.1 Å². The number of piperidine rings is 1. The molecule has 21 heavy (non-hydrogen) atoms. The number of hydrogen-bond donors (Lipinski definition) is 1. The first-order valence-corrected chi connectivity index (χ1v) is 8.29. The van der Waals surface area contributed by atoms with Gasteiger partial charge in [-0.3, -0.25) is 4.90 Å². The number of nitrogens with zero attached hydrogens (tertiary/aromatic N) is 1. The maximum Gasteiger partial charge on any atom is 0.189 e. The molecule has 3 nitrogen and oxygen atoms in total. The van der Waals surface area contributed by atoms with Crippen molar-refractivity contribution in [3.05, 3.63) is 30.3 Å². The number of benzene rings is 1. The van der Waals surface area contributed by atoms with Crippen LogP contribution in [0.4, 0.5) is 0 Å². The van der Waals surface area contributed by atoms with E-state index in [1.54, 1.807) is 0 Å². The molecule has 0 spiro atoms. The zero-order chi connectivity index (χ0) is 15.3. The van der Waals surface area contributed by atoms with Gasteiger partial charge >= 0.3 is 0 Å². The highest BCUT2D eigenvalue weighted by molar-refractivity contribution is 5.22. The normalized spacial score (nSPS) is 21.7. The molecule has 1 aliphatic rings. The summed E-state index contributed by atoms with van der Waals surface area (Å²) in [4.78, 5) is 2.36. The lowest BCUT2D eigenvalue weighted by molar-refractivity contribution is -0.171. The Morgan fingerprint density at radius 1 is 1.24 bits per heavy atom. The number of aliphatic hydroxyl groups is 1. The Morgan fingerprint density at radius 2 is 1.86 bits per heavy atom. The molecular formula is C18H29NO2. The average Bonchev–Trinajstić information content (AvgIpc) is 2.54. The van der Waals surface area contributed by atoms with E-state index in [1.165, 1.54) is 12.8 Å². The molecule has 1 aromatic rings. The third-order valence-corrected chi connectivity index (χ3v) is 4.77. The Balaban J connectivity index is 2.24. The van der Waals surface area contributed by atoms with Gasteiger partial charge in [0.25, 0.3) is 0 Å². The molecule has 1 aliphatic heterocycles. The van der Waals surface area contributed by atoms with Crippen LogP contribution in [0.1, 0.15) is 46.5 Å². The van der Waals surface area contributed by atoms with Gasteiger partial charge in [0.2, 0.25) is 0 Å². The lowest BCUT2D eigenvalue weighted by atomic mass is 9.92. The smallest absolute Gasteiger partial charge is 0.189 e. The van der Waals surface area contributed by atoms with Crippen LogP contribution in [0.5, 0.6) is 5.75 Å². The molecule has 0 radical (unpaired) electrons. The van der Waals surface area contributed by atoms with Gasteiger partial charge in [-0.2, -0.15) is 0 Å². The van der Waals surface area contributed by atoms with Crippen LogP contribution < -0.4 is 4.74 Å². The molecular weight excluding hydrogens is 262 g/mol. The van der Waals surface area contributed by atoms with Crippen molar-refractivity contribution in [3.63, 3.8) is 0 Å². The zero-order valence-corrected chi connectivity index (χ0v) is 13.6. The van der Waals surface area contributed by atoms with Gasteiger partial charge in [-0.05, 0) is 37.3 Å². The van der Waals surface area contributed by atoms with Gasteiger partial charge in [0.05, 0.1) is 0 Å². The Kier molecular flexibility index (Phi) is 5.65. The lowest BCUT2D eigenvalue weighted by Gasteiger charge is -2.48. The van der Waals surface area contributed by atoms with Crippen molar-refractivity contribution in [1.82, 2.24) is 4.90 Å². The summed E-state index contributed by atoms with van der Waals surface area (Å²) < 4.78 is 6.35. The van der Waals surface area contributed by atoms with E-state index >= 15 is 0 Å². The van der Waals surface area contributed by atoms with Gasteiger partial charge in [-0.25, -0.2) is 0 Å². The van der Waals surface area contributed by atoms with Crippen LogP contribution in [0.25, 0.3) is 0 Å². The van der Waals surface area contributed by atoms with Crippen molar-refractivity contribution in [2.45, 2.75) is 58.3 Å². The summed E-state index contributed by atoms with van der Waals surface area (Å²) in [6.45, 7) is 8.44. The second-order valence-corrected chi connectivity index (χ2v) is 6.21. The third-order valence-electron chi connectivity index (χ3n) is 4.77. The van der Waals surface area contributed by atoms with E-state index in [4.69, 9.17) is 4.74 Å². The molecule has 2 unspecified atom stereocenters. The van der Waals surface area contributed by atoms with Crippen molar-refractivity contribution in [1.29, 1.82) is 0 Å². The van der Waals surface area contributed by atoms with E-state index in [1.807, 2.05) is 37.3 Å². The quantitative estimate of drug-likeness (QED) is 0.868. The Bertz CT molecular complexity index is 414. The van der Waals surface area contributed by atoms with Gasteiger partial charge in [0, 0.05) is 19.5 Å². The molecule has 1 heterocycles. The van der Waals surface area contributed by atoms with Crippen LogP contribution in [0, 0.1) is 5.92 Å². The van der Waals surface area contributed by atoms with Gasteiger partial charge in [0.15, 0.2) is 5.72 Å². The minimum Gasteiger partial charge on any atom is -0.470 e. The van der Waals surface area contributed by atoms with Crippen LogP contribution in [-0.4, -0.2) is 34.9 Å². The van der Waals surface area contributed by atoms with Gasteiger partial charge < -0.3 is 9.84 Å². The first-order valence-electron chi connectivity index (χ1n) is 8.29. The highest BCUT2D eigenvalue weighted by Crippen LogP contribution is 2.33. The molecule has 1 aromatic carbocycles. The molecule has 0 amide bonds. The van der Waals surface area contributed by atoms with Crippen LogP contribution in [0.2, 0.25) is 0 Å². The van der Waals surface area contributed by atoms with Crippen LogP contribution >= 0.6 is 0 Å². The number of ether oxygens (including phenoxy) is 1. The van der Waals surface area contributed by atoms with Gasteiger partial charge in [-0.15, -0.1) is 0 Å². The maximum atomic E-state index is 10.7. The van der Waals surface area contributed by atoms with Crippen LogP contribution in [-0.2, 0) is 0 Å². The summed E-state index contributed by atoms with van der Waals surface area (Å²) in [6, 6.07) is 9.89. The molecule has 118 valence electrons. The standard InChI is InChI=1S/C18H29NO2/c1-4-17(20)18(5-2,19-13-11-15(3)12-14-19)21-16-9-7-6-8-10-16/h6-10,15,17,20H,4-5,11-14H2,1-3H3. The molecule has 0 saturated carbocycles.